The summed E-state index contributed by atoms with van der Waals surface area (Å²) in [5.41, 5.74) is 16.1. The molecule has 2 heterocycles. The predicted molar refractivity (Wildman–Crippen MR) is 243 cm³/mol. The Morgan fingerprint density at radius 1 is 0.431 bits per heavy atom. The van der Waals surface area contributed by atoms with Crippen LogP contribution in [0, 0.1) is 13.8 Å². The van der Waals surface area contributed by atoms with Gasteiger partial charge in [-0.25, -0.2) is 15.0 Å². The Hall–Kier alpha value is -7.43. The number of allylic oxidation sites excluding steroid dienone is 4. The summed E-state index contributed by atoms with van der Waals surface area (Å²) in [6.07, 6.45) is 8.37. The Balaban J connectivity index is 1.23. The minimum absolute atomic E-state index is 0.598. The zero-order chi connectivity index (χ0) is 39.4. The molecule has 9 rings (SSSR count). The molecule has 0 aliphatic carbocycles. The Labute approximate surface area is 340 Å². The van der Waals surface area contributed by atoms with Crippen LogP contribution in [0.5, 0.6) is 0 Å². The lowest BCUT2D eigenvalue weighted by Crippen LogP contribution is -2.18. The first kappa shape index (κ1) is 36.2. The number of nitrogens with zero attached hydrogens (tertiary/aromatic N) is 4. The van der Waals surface area contributed by atoms with E-state index in [1.807, 2.05) is 12.1 Å². The van der Waals surface area contributed by atoms with E-state index in [-0.39, 0.29) is 0 Å². The van der Waals surface area contributed by atoms with Crippen LogP contribution in [0.3, 0.4) is 0 Å². The van der Waals surface area contributed by atoms with Crippen molar-refractivity contribution in [1.82, 2.24) is 15.0 Å². The summed E-state index contributed by atoms with van der Waals surface area (Å²) in [6.45, 7) is 9.46. The minimum Gasteiger partial charge on any atom is -0.337 e. The van der Waals surface area contributed by atoms with E-state index in [0.29, 0.717) is 24.0 Å². The van der Waals surface area contributed by atoms with Gasteiger partial charge in [0.05, 0.1) is 5.69 Å². The molecule has 4 nitrogen and oxygen atoms in total. The van der Waals surface area contributed by atoms with Crippen molar-refractivity contribution in [3.05, 3.63) is 217 Å². The molecule has 1 aromatic heterocycles. The van der Waals surface area contributed by atoms with E-state index in [4.69, 9.17) is 15.0 Å². The number of hydrogen-bond donors (Lipinski definition) is 0. The second-order valence-corrected chi connectivity index (χ2v) is 14.6. The number of para-hydroxylation sites is 1. The molecule has 0 unspecified atom stereocenters. The van der Waals surface area contributed by atoms with Gasteiger partial charge >= 0.3 is 0 Å². The maximum absolute atomic E-state index is 5.30. The summed E-state index contributed by atoms with van der Waals surface area (Å²) < 4.78 is 0. The van der Waals surface area contributed by atoms with Gasteiger partial charge in [-0.05, 0) is 94.3 Å². The van der Waals surface area contributed by atoms with Crippen molar-refractivity contribution in [1.29, 1.82) is 0 Å². The number of aromatic nitrogens is 3. The van der Waals surface area contributed by atoms with Gasteiger partial charge in [-0.15, -0.1) is 0 Å². The summed E-state index contributed by atoms with van der Waals surface area (Å²) in [5, 5.41) is 0. The monoisotopic (exact) mass is 746 g/mol. The van der Waals surface area contributed by atoms with Crippen LogP contribution in [0.1, 0.15) is 16.7 Å². The molecule has 0 saturated heterocycles. The van der Waals surface area contributed by atoms with Crippen molar-refractivity contribution in [3.63, 3.8) is 0 Å². The lowest BCUT2D eigenvalue weighted by Gasteiger charge is -2.27. The molecule has 8 aromatic rings. The summed E-state index contributed by atoms with van der Waals surface area (Å²) in [5.74, 6) is 1.83. The Morgan fingerprint density at radius 2 is 1.02 bits per heavy atom. The van der Waals surface area contributed by atoms with Gasteiger partial charge < -0.3 is 4.90 Å². The van der Waals surface area contributed by atoms with E-state index in [0.717, 1.165) is 61.5 Å². The standard InChI is InChI=1S/C54H42N4/c1-37-19-12-13-26-46(37)47-31-29-43(34-39(47)3)52-55-53(44-30-32-48-38(2)18-7-6-16-33-58(51(48)36-44)45-24-10-5-11-25-45)57-54(56-52)50-28-15-14-27-49(50)42-23-17-22-41(35-42)40-20-8-4-9-21-40/h4-32,34-36H,2,33H2,1,3H3/b16-6-,18-7-. The highest BCUT2D eigenvalue weighted by Gasteiger charge is 2.20. The van der Waals surface area contributed by atoms with Crippen LogP contribution < -0.4 is 4.90 Å². The Morgan fingerprint density at radius 3 is 1.76 bits per heavy atom. The van der Waals surface area contributed by atoms with Crippen LogP contribution >= 0.6 is 0 Å². The van der Waals surface area contributed by atoms with E-state index >= 15 is 0 Å². The van der Waals surface area contributed by atoms with Crippen molar-refractivity contribution >= 4 is 16.9 Å². The topological polar surface area (TPSA) is 41.9 Å². The molecule has 278 valence electrons. The third-order valence-corrected chi connectivity index (χ3v) is 10.8. The van der Waals surface area contributed by atoms with Gasteiger partial charge in [-0.3, -0.25) is 0 Å². The van der Waals surface area contributed by atoms with E-state index in [9.17, 15) is 0 Å². The fourth-order valence-electron chi connectivity index (χ4n) is 7.78. The predicted octanol–water partition coefficient (Wildman–Crippen LogP) is 13.8. The lowest BCUT2D eigenvalue weighted by atomic mass is 9.94. The van der Waals surface area contributed by atoms with Gasteiger partial charge in [-0.1, -0.05) is 170 Å². The zero-order valence-corrected chi connectivity index (χ0v) is 32.7. The van der Waals surface area contributed by atoms with Crippen molar-refractivity contribution in [2.75, 3.05) is 11.4 Å². The van der Waals surface area contributed by atoms with Crippen molar-refractivity contribution in [2.24, 2.45) is 0 Å². The molecule has 0 spiro atoms. The maximum atomic E-state index is 5.30. The first-order valence-electron chi connectivity index (χ1n) is 19.7. The van der Waals surface area contributed by atoms with Gasteiger partial charge in [0.2, 0.25) is 0 Å². The molecule has 0 radical (unpaired) electrons. The van der Waals surface area contributed by atoms with Gasteiger partial charge in [0.1, 0.15) is 0 Å². The molecule has 58 heavy (non-hydrogen) atoms. The highest BCUT2D eigenvalue weighted by atomic mass is 15.1. The van der Waals surface area contributed by atoms with Crippen LogP contribution in [-0.4, -0.2) is 21.5 Å². The second kappa shape index (κ2) is 16.0. The number of anilines is 2. The molecule has 0 fully saturated rings. The number of benzene rings is 7. The number of fused-ring (bicyclic) bond motifs is 1. The number of aryl methyl sites for hydroxylation is 2. The largest absolute Gasteiger partial charge is 0.337 e. The van der Waals surface area contributed by atoms with Crippen LogP contribution in [0.25, 0.3) is 73.1 Å². The highest BCUT2D eigenvalue weighted by Crippen LogP contribution is 2.39. The van der Waals surface area contributed by atoms with Crippen LogP contribution in [-0.2, 0) is 0 Å². The SMILES string of the molecule is C=C1/C=C\C=C/CN(c2ccccc2)c2cc(-c3nc(-c4ccc(-c5ccccc5C)c(C)c4)nc(-c4ccccc4-c4cccc(-c5ccccc5)c4)n3)ccc21. The van der Waals surface area contributed by atoms with E-state index in [1.54, 1.807) is 0 Å². The first-order valence-corrected chi connectivity index (χ1v) is 19.7. The highest BCUT2D eigenvalue weighted by molar-refractivity contribution is 5.88. The Bertz CT molecular complexity index is 2850. The third-order valence-electron chi connectivity index (χ3n) is 10.8. The van der Waals surface area contributed by atoms with Gasteiger partial charge in [-0.2, -0.15) is 0 Å². The fourth-order valence-corrected chi connectivity index (χ4v) is 7.78. The maximum Gasteiger partial charge on any atom is 0.164 e. The zero-order valence-electron chi connectivity index (χ0n) is 32.7. The van der Waals surface area contributed by atoms with Gasteiger partial charge in [0.15, 0.2) is 17.5 Å². The van der Waals surface area contributed by atoms with Gasteiger partial charge in [0.25, 0.3) is 0 Å². The minimum atomic E-state index is 0.598. The Kier molecular flexibility index (Phi) is 9.97. The molecule has 4 heteroatoms. The molecular weight excluding hydrogens is 705 g/mol. The molecule has 0 amide bonds. The number of hydrogen-bond acceptors (Lipinski definition) is 4. The smallest absolute Gasteiger partial charge is 0.164 e. The average molecular weight is 747 g/mol. The number of rotatable bonds is 7. The van der Waals surface area contributed by atoms with Crippen molar-refractivity contribution in [2.45, 2.75) is 13.8 Å². The average Bonchev–Trinajstić information content (AvgIpc) is 3.35. The first-order chi connectivity index (χ1) is 28.5. The molecule has 0 bridgehead atoms. The molecule has 0 saturated carbocycles. The third kappa shape index (κ3) is 7.32. The molecule has 0 N–H and O–H groups in total. The van der Waals surface area contributed by atoms with E-state index in [1.165, 1.54) is 22.3 Å². The molecule has 1 aliphatic rings. The summed E-state index contributed by atoms with van der Waals surface area (Å²) in [6, 6.07) is 59.6. The van der Waals surface area contributed by atoms with Crippen LogP contribution in [0.15, 0.2) is 201 Å². The molecule has 7 aromatic carbocycles. The molecule has 0 atom stereocenters. The fraction of sp³-hybridized carbons (Fsp3) is 0.0556. The van der Waals surface area contributed by atoms with Crippen LogP contribution in [0.2, 0.25) is 0 Å². The quantitative estimate of drug-likeness (QED) is 0.163. The summed E-state index contributed by atoms with van der Waals surface area (Å²) >= 11 is 0. The van der Waals surface area contributed by atoms with Crippen molar-refractivity contribution < 1.29 is 0 Å². The second-order valence-electron chi connectivity index (χ2n) is 14.6. The van der Waals surface area contributed by atoms with Crippen LogP contribution in [0.4, 0.5) is 11.4 Å². The van der Waals surface area contributed by atoms with Gasteiger partial charge in [0, 0.05) is 34.5 Å². The normalized spacial score (nSPS) is 13.6. The summed E-state index contributed by atoms with van der Waals surface area (Å²) in [7, 11) is 0. The van der Waals surface area contributed by atoms with E-state index < -0.39 is 0 Å². The molecule has 1 aliphatic heterocycles. The van der Waals surface area contributed by atoms with E-state index in [2.05, 4.69) is 207 Å². The lowest BCUT2D eigenvalue weighted by molar-refractivity contribution is 1.07. The summed E-state index contributed by atoms with van der Waals surface area (Å²) in [4.78, 5) is 18.1. The van der Waals surface area contributed by atoms with Crippen molar-refractivity contribution in [3.8, 4) is 67.5 Å². The molecular formula is C54H42N4.